The van der Waals surface area contributed by atoms with Crippen LogP contribution in [0.4, 0.5) is 0 Å². The molecule has 0 amide bonds. The minimum atomic E-state index is 0.783. The minimum absolute atomic E-state index is 0.783. The number of rotatable bonds is 4. The van der Waals surface area contributed by atoms with Crippen molar-refractivity contribution in [3.8, 4) is 28.4 Å². The quantitative estimate of drug-likeness (QED) is 0.474. The molecule has 0 radical (unpaired) electrons. The summed E-state index contributed by atoms with van der Waals surface area (Å²) in [5.74, 6) is 0.783. The number of methoxy groups -OCH3 is 1. The van der Waals surface area contributed by atoms with Crippen molar-refractivity contribution in [3.63, 3.8) is 0 Å². The van der Waals surface area contributed by atoms with Crippen LogP contribution in [0.1, 0.15) is 0 Å². The Morgan fingerprint density at radius 1 is 0.903 bits per heavy atom. The van der Waals surface area contributed by atoms with Gasteiger partial charge in [-0.3, -0.25) is 5.10 Å². The summed E-state index contributed by atoms with van der Waals surface area (Å²) in [5, 5.41) is 21.4. The second-order valence-electron chi connectivity index (χ2n) is 7.18. The fourth-order valence-corrected chi connectivity index (χ4v) is 3.80. The number of H-pyrrole nitrogens is 1. The Bertz CT molecular complexity index is 1540. The number of nitrogens with one attached hydrogen (secondary N) is 1. The van der Waals surface area contributed by atoms with E-state index in [9.17, 15) is 0 Å². The van der Waals surface area contributed by atoms with Crippen LogP contribution in [0.3, 0.4) is 0 Å². The Labute approximate surface area is 176 Å². The highest BCUT2D eigenvalue weighted by atomic mass is 16.5. The molecule has 3 aromatic carbocycles. The fraction of sp³-hybridized carbons (Fsp3) is 0.0435. The number of benzene rings is 3. The number of fused-ring (bicyclic) bond motifs is 2. The highest BCUT2D eigenvalue weighted by Gasteiger charge is 2.13. The van der Waals surface area contributed by atoms with Crippen molar-refractivity contribution >= 4 is 21.9 Å². The second kappa shape index (κ2) is 6.81. The normalized spacial score (nSPS) is 11.4. The third-order valence-electron chi connectivity index (χ3n) is 5.35. The van der Waals surface area contributed by atoms with Gasteiger partial charge in [0.1, 0.15) is 11.3 Å². The molecule has 1 N–H and O–H groups in total. The molecular weight excluding hydrogens is 390 g/mol. The van der Waals surface area contributed by atoms with Gasteiger partial charge in [-0.05, 0) is 48.5 Å². The second-order valence-corrected chi connectivity index (χ2v) is 7.18. The van der Waals surface area contributed by atoms with Crippen molar-refractivity contribution in [2.24, 2.45) is 0 Å². The molecule has 0 unspecified atom stereocenters. The van der Waals surface area contributed by atoms with E-state index in [1.807, 2.05) is 70.0 Å². The molecule has 3 aromatic heterocycles. The molecule has 150 valence electrons. The van der Waals surface area contributed by atoms with E-state index >= 15 is 0 Å². The van der Waals surface area contributed by atoms with E-state index in [1.54, 1.807) is 19.5 Å². The van der Waals surface area contributed by atoms with Gasteiger partial charge in [0.2, 0.25) is 0 Å². The van der Waals surface area contributed by atoms with Crippen LogP contribution in [0, 0.1) is 0 Å². The predicted octanol–water partition coefficient (Wildman–Crippen LogP) is 4.16. The molecule has 0 bridgehead atoms. The van der Waals surface area contributed by atoms with E-state index in [-0.39, 0.29) is 0 Å². The topological polar surface area (TPSA) is 86.4 Å². The Morgan fingerprint density at radius 2 is 1.84 bits per heavy atom. The lowest BCUT2D eigenvalue weighted by Crippen LogP contribution is -2.00. The van der Waals surface area contributed by atoms with Crippen LogP contribution in [0.25, 0.3) is 44.6 Å². The first-order valence-corrected chi connectivity index (χ1v) is 9.78. The Hall–Kier alpha value is -4.46. The Morgan fingerprint density at radius 3 is 2.77 bits per heavy atom. The molecule has 0 aliphatic rings. The lowest BCUT2D eigenvalue weighted by atomic mass is 10.1. The first-order chi connectivity index (χ1) is 15.3. The average Bonchev–Trinajstić information content (AvgIpc) is 3.57. The highest BCUT2D eigenvalue weighted by Crippen LogP contribution is 2.28. The largest absolute Gasteiger partial charge is 0.497 e. The molecule has 0 atom stereocenters. The number of hydrogen-bond acceptors (Lipinski definition) is 5. The summed E-state index contributed by atoms with van der Waals surface area (Å²) < 4.78 is 9.10. The molecule has 0 saturated heterocycles. The van der Waals surface area contributed by atoms with Crippen LogP contribution >= 0.6 is 0 Å². The van der Waals surface area contributed by atoms with Gasteiger partial charge in [-0.1, -0.05) is 17.3 Å². The maximum Gasteiger partial charge on any atom is 0.121 e. The summed E-state index contributed by atoms with van der Waals surface area (Å²) in [6.45, 7) is 0. The van der Waals surface area contributed by atoms with Gasteiger partial charge in [-0.25, -0.2) is 9.36 Å². The molecule has 6 aromatic rings. The Kier molecular flexibility index (Phi) is 3.82. The van der Waals surface area contributed by atoms with Gasteiger partial charge in [-0.15, -0.1) is 5.10 Å². The van der Waals surface area contributed by atoms with E-state index in [0.717, 1.165) is 50.3 Å². The van der Waals surface area contributed by atoms with Crippen LogP contribution in [-0.2, 0) is 0 Å². The lowest BCUT2D eigenvalue weighted by molar-refractivity contribution is 0.414. The molecule has 0 aliphatic heterocycles. The number of ether oxygens (including phenoxy) is 1. The zero-order valence-corrected chi connectivity index (χ0v) is 16.6. The summed E-state index contributed by atoms with van der Waals surface area (Å²) in [4.78, 5) is 0. The molecule has 8 heteroatoms. The SMILES string of the molecule is COc1cccc(-n2nccc2-c2ccc3nnn(-c4ccc5cn[nH]c5c4)c3c2)c1. The first-order valence-electron chi connectivity index (χ1n) is 9.78. The molecule has 31 heavy (non-hydrogen) atoms. The van der Waals surface area contributed by atoms with Crippen molar-refractivity contribution in [1.29, 1.82) is 0 Å². The molecule has 0 saturated carbocycles. The summed E-state index contributed by atoms with van der Waals surface area (Å²) in [6, 6.07) is 22.0. The Balaban J connectivity index is 1.48. The van der Waals surface area contributed by atoms with Crippen molar-refractivity contribution in [1.82, 2.24) is 35.0 Å². The van der Waals surface area contributed by atoms with Gasteiger partial charge >= 0.3 is 0 Å². The number of aromatic amines is 1. The van der Waals surface area contributed by atoms with E-state index in [0.29, 0.717) is 0 Å². The van der Waals surface area contributed by atoms with Crippen LogP contribution in [0.15, 0.2) is 79.1 Å². The number of nitrogens with zero attached hydrogens (tertiary/aromatic N) is 6. The summed E-state index contributed by atoms with van der Waals surface area (Å²) >= 11 is 0. The maximum absolute atomic E-state index is 5.37. The van der Waals surface area contributed by atoms with Crippen molar-refractivity contribution in [2.45, 2.75) is 0 Å². The van der Waals surface area contributed by atoms with Crippen LogP contribution < -0.4 is 4.74 Å². The van der Waals surface area contributed by atoms with E-state index < -0.39 is 0 Å². The van der Waals surface area contributed by atoms with Crippen LogP contribution in [-0.4, -0.2) is 42.1 Å². The monoisotopic (exact) mass is 407 g/mol. The van der Waals surface area contributed by atoms with E-state index in [4.69, 9.17) is 4.74 Å². The van der Waals surface area contributed by atoms with Gasteiger partial charge in [0, 0.05) is 17.0 Å². The molecular formula is C23H17N7O. The van der Waals surface area contributed by atoms with Gasteiger partial charge in [-0.2, -0.15) is 10.2 Å². The zero-order chi connectivity index (χ0) is 20.8. The molecule has 6 rings (SSSR count). The van der Waals surface area contributed by atoms with Crippen molar-refractivity contribution in [2.75, 3.05) is 7.11 Å². The third-order valence-corrected chi connectivity index (χ3v) is 5.35. The fourth-order valence-electron chi connectivity index (χ4n) is 3.80. The van der Waals surface area contributed by atoms with Crippen LogP contribution in [0.2, 0.25) is 0 Å². The average molecular weight is 407 g/mol. The molecule has 0 aliphatic carbocycles. The third kappa shape index (κ3) is 2.84. The molecule has 8 nitrogen and oxygen atoms in total. The highest BCUT2D eigenvalue weighted by molar-refractivity contribution is 5.84. The van der Waals surface area contributed by atoms with E-state index in [2.05, 4.69) is 31.7 Å². The maximum atomic E-state index is 5.37. The standard InChI is InChI=1S/C23H17N7O/c1-31-19-4-2-3-17(12-19)29-22(9-10-25-29)15-6-8-20-23(11-15)30(28-27-20)18-7-5-16-14-24-26-21(16)13-18/h2-14H,1H3,(H,24,26). The molecule has 0 fully saturated rings. The summed E-state index contributed by atoms with van der Waals surface area (Å²) in [6.07, 6.45) is 3.59. The van der Waals surface area contributed by atoms with Gasteiger partial charge in [0.05, 0.1) is 47.6 Å². The first kappa shape index (κ1) is 17.4. The minimum Gasteiger partial charge on any atom is -0.497 e. The smallest absolute Gasteiger partial charge is 0.121 e. The van der Waals surface area contributed by atoms with Crippen molar-refractivity contribution in [3.05, 3.63) is 79.1 Å². The summed E-state index contributed by atoms with van der Waals surface area (Å²) in [5.41, 5.74) is 6.50. The number of hydrogen-bond donors (Lipinski definition) is 1. The van der Waals surface area contributed by atoms with Gasteiger partial charge in [0.25, 0.3) is 0 Å². The zero-order valence-electron chi connectivity index (χ0n) is 16.6. The van der Waals surface area contributed by atoms with Crippen molar-refractivity contribution < 1.29 is 4.74 Å². The molecule has 3 heterocycles. The summed E-state index contributed by atoms with van der Waals surface area (Å²) in [7, 11) is 1.66. The van der Waals surface area contributed by atoms with E-state index in [1.165, 1.54) is 0 Å². The lowest BCUT2D eigenvalue weighted by Gasteiger charge is -2.10. The molecule has 0 spiro atoms. The number of aromatic nitrogens is 7. The van der Waals surface area contributed by atoms with Crippen LogP contribution in [0.5, 0.6) is 5.75 Å². The van der Waals surface area contributed by atoms with Gasteiger partial charge in [0.15, 0.2) is 0 Å². The predicted molar refractivity (Wildman–Crippen MR) is 118 cm³/mol. The van der Waals surface area contributed by atoms with Gasteiger partial charge < -0.3 is 4.74 Å².